The van der Waals surface area contributed by atoms with Crippen molar-refractivity contribution in [2.75, 3.05) is 6.54 Å². The minimum atomic E-state index is 0.556. The Morgan fingerprint density at radius 2 is 2.24 bits per heavy atom. The van der Waals surface area contributed by atoms with E-state index in [0.717, 1.165) is 18.0 Å². The predicted octanol–water partition coefficient (Wildman–Crippen LogP) is 2.55. The average Bonchev–Trinajstić information content (AvgIpc) is 3.13. The number of benzene rings is 1. The monoisotopic (exact) mass is 267 g/mol. The lowest BCUT2D eigenvalue weighted by atomic mass is 10.2. The van der Waals surface area contributed by atoms with Crippen LogP contribution in [0.2, 0.25) is 5.02 Å². The Kier molecular flexibility index (Phi) is 4.34. The van der Waals surface area contributed by atoms with E-state index in [1.807, 2.05) is 24.3 Å². The van der Waals surface area contributed by atoms with Gasteiger partial charge in [0.05, 0.1) is 6.21 Å². The third-order valence-electron chi connectivity index (χ3n) is 2.52. The van der Waals surface area contributed by atoms with Crippen LogP contribution >= 0.6 is 23.8 Å². The highest BCUT2D eigenvalue weighted by molar-refractivity contribution is 7.80. The van der Waals surface area contributed by atoms with Crippen LogP contribution in [0.3, 0.4) is 0 Å². The van der Waals surface area contributed by atoms with Gasteiger partial charge in [0, 0.05) is 17.1 Å². The van der Waals surface area contributed by atoms with Crippen LogP contribution in [0.4, 0.5) is 0 Å². The smallest absolute Gasteiger partial charge is 0.186 e. The normalized spacial score (nSPS) is 14.9. The van der Waals surface area contributed by atoms with Crippen LogP contribution in [-0.2, 0) is 0 Å². The molecule has 0 heterocycles. The Morgan fingerprint density at radius 1 is 1.47 bits per heavy atom. The van der Waals surface area contributed by atoms with Gasteiger partial charge >= 0.3 is 0 Å². The zero-order valence-corrected chi connectivity index (χ0v) is 10.9. The van der Waals surface area contributed by atoms with Crippen molar-refractivity contribution in [3.8, 4) is 0 Å². The fraction of sp³-hybridized carbons (Fsp3) is 0.333. The van der Waals surface area contributed by atoms with Gasteiger partial charge in [0.25, 0.3) is 0 Å². The van der Waals surface area contributed by atoms with E-state index in [4.69, 9.17) is 23.8 Å². The van der Waals surface area contributed by atoms with Crippen molar-refractivity contribution in [2.24, 2.45) is 11.0 Å². The average molecular weight is 268 g/mol. The van der Waals surface area contributed by atoms with E-state index in [9.17, 15) is 0 Å². The van der Waals surface area contributed by atoms with Gasteiger partial charge in [-0.1, -0.05) is 29.8 Å². The third-order valence-corrected chi connectivity index (χ3v) is 3.10. The number of nitrogens with zero attached hydrogens (tertiary/aromatic N) is 1. The van der Waals surface area contributed by atoms with E-state index in [1.54, 1.807) is 6.21 Å². The first-order chi connectivity index (χ1) is 8.25. The molecule has 0 bridgehead atoms. The summed E-state index contributed by atoms with van der Waals surface area (Å²) in [4.78, 5) is 0. The first-order valence-corrected chi connectivity index (χ1v) is 6.36. The highest BCUT2D eigenvalue weighted by atomic mass is 35.5. The third kappa shape index (κ3) is 4.32. The molecule has 1 aromatic rings. The summed E-state index contributed by atoms with van der Waals surface area (Å²) in [6, 6.07) is 7.52. The van der Waals surface area contributed by atoms with E-state index < -0.39 is 0 Å². The molecule has 0 saturated heterocycles. The summed E-state index contributed by atoms with van der Waals surface area (Å²) in [5.74, 6) is 0.794. The summed E-state index contributed by atoms with van der Waals surface area (Å²) < 4.78 is 0. The zero-order chi connectivity index (χ0) is 12.1. The maximum absolute atomic E-state index is 5.98. The second-order valence-electron chi connectivity index (χ2n) is 4.04. The van der Waals surface area contributed by atoms with Crippen molar-refractivity contribution in [1.82, 2.24) is 10.7 Å². The number of nitrogens with one attached hydrogen (secondary N) is 2. The molecule has 90 valence electrons. The van der Waals surface area contributed by atoms with Crippen molar-refractivity contribution >= 4 is 35.1 Å². The molecular formula is C12H14ClN3S. The molecule has 0 unspecified atom stereocenters. The Bertz CT molecular complexity index is 430. The maximum atomic E-state index is 5.98. The number of thiocarbonyl (C=S) groups is 1. The molecule has 0 aromatic heterocycles. The van der Waals surface area contributed by atoms with E-state index in [2.05, 4.69) is 15.8 Å². The summed E-state index contributed by atoms with van der Waals surface area (Å²) in [5, 5.41) is 8.39. The molecular weight excluding hydrogens is 254 g/mol. The maximum Gasteiger partial charge on any atom is 0.186 e. The highest BCUT2D eigenvalue weighted by Gasteiger charge is 2.20. The Labute approximate surface area is 111 Å². The van der Waals surface area contributed by atoms with E-state index in [-0.39, 0.29) is 0 Å². The summed E-state index contributed by atoms with van der Waals surface area (Å²) in [7, 11) is 0. The molecule has 3 nitrogen and oxygen atoms in total. The Morgan fingerprint density at radius 3 is 2.94 bits per heavy atom. The lowest BCUT2D eigenvalue weighted by Crippen LogP contribution is -2.33. The lowest BCUT2D eigenvalue weighted by Gasteiger charge is -2.05. The second-order valence-corrected chi connectivity index (χ2v) is 4.86. The van der Waals surface area contributed by atoms with Crippen molar-refractivity contribution in [3.63, 3.8) is 0 Å². The molecule has 5 heteroatoms. The van der Waals surface area contributed by atoms with E-state index in [1.165, 1.54) is 12.8 Å². The summed E-state index contributed by atoms with van der Waals surface area (Å²) in [6.07, 6.45) is 4.27. The minimum Gasteiger partial charge on any atom is -0.361 e. The van der Waals surface area contributed by atoms with Gasteiger partial charge in [0.15, 0.2) is 5.11 Å². The van der Waals surface area contributed by atoms with Gasteiger partial charge in [0.1, 0.15) is 0 Å². The number of rotatable bonds is 4. The standard InChI is InChI=1S/C12H14ClN3S/c13-11-4-2-1-3-10(11)8-15-16-12(17)14-7-9-5-6-9/h1-4,8-9H,5-7H2,(H2,14,16,17)/b15-8+. The highest BCUT2D eigenvalue weighted by Crippen LogP contribution is 2.27. The van der Waals surface area contributed by atoms with Crippen LogP contribution in [0.1, 0.15) is 18.4 Å². The van der Waals surface area contributed by atoms with E-state index in [0.29, 0.717) is 10.1 Å². The van der Waals surface area contributed by atoms with Crippen LogP contribution in [0, 0.1) is 5.92 Å². The molecule has 2 N–H and O–H groups in total. The van der Waals surface area contributed by atoms with E-state index >= 15 is 0 Å². The Balaban J connectivity index is 1.76. The fourth-order valence-corrected chi connectivity index (χ4v) is 1.66. The Hall–Kier alpha value is -1.13. The molecule has 0 spiro atoms. The molecule has 2 rings (SSSR count). The lowest BCUT2D eigenvalue weighted by molar-refractivity contribution is 0.759. The topological polar surface area (TPSA) is 36.4 Å². The predicted molar refractivity (Wildman–Crippen MR) is 75.5 cm³/mol. The first-order valence-electron chi connectivity index (χ1n) is 5.57. The van der Waals surface area contributed by atoms with Crippen LogP contribution in [-0.4, -0.2) is 17.9 Å². The molecule has 17 heavy (non-hydrogen) atoms. The molecule has 1 aliphatic rings. The van der Waals surface area contributed by atoms with Gasteiger partial charge in [-0.3, -0.25) is 5.43 Å². The van der Waals surface area contributed by atoms with Gasteiger partial charge in [-0.05, 0) is 37.0 Å². The molecule has 0 aliphatic heterocycles. The number of hydrazone groups is 1. The number of hydrogen-bond acceptors (Lipinski definition) is 2. The van der Waals surface area contributed by atoms with Gasteiger partial charge in [-0.2, -0.15) is 5.10 Å². The van der Waals surface area contributed by atoms with Crippen LogP contribution in [0.25, 0.3) is 0 Å². The summed E-state index contributed by atoms with van der Waals surface area (Å²) in [5.41, 5.74) is 3.64. The van der Waals surface area contributed by atoms with Gasteiger partial charge in [0.2, 0.25) is 0 Å². The van der Waals surface area contributed by atoms with Gasteiger partial charge < -0.3 is 5.32 Å². The van der Waals surface area contributed by atoms with Gasteiger partial charge in [-0.15, -0.1) is 0 Å². The van der Waals surface area contributed by atoms with Crippen LogP contribution < -0.4 is 10.7 Å². The number of halogens is 1. The molecule has 1 saturated carbocycles. The fourth-order valence-electron chi connectivity index (χ4n) is 1.34. The van der Waals surface area contributed by atoms with Crippen molar-refractivity contribution in [2.45, 2.75) is 12.8 Å². The van der Waals surface area contributed by atoms with Crippen molar-refractivity contribution in [1.29, 1.82) is 0 Å². The van der Waals surface area contributed by atoms with Crippen molar-refractivity contribution < 1.29 is 0 Å². The molecule has 0 atom stereocenters. The zero-order valence-electron chi connectivity index (χ0n) is 9.32. The molecule has 0 amide bonds. The number of hydrogen-bond donors (Lipinski definition) is 2. The molecule has 1 aromatic carbocycles. The quantitative estimate of drug-likeness (QED) is 0.500. The van der Waals surface area contributed by atoms with Crippen LogP contribution in [0.5, 0.6) is 0 Å². The van der Waals surface area contributed by atoms with Crippen molar-refractivity contribution in [3.05, 3.63) is 34.9 Å². The summed E-state index contributed by atoms with van der Waals surface area (Å²) in [6.45, 7) is 0.938. The second kappa shape index (κ2) is 5.98. The first kappa shape index (κ1) is 12.3. The molecule has 1 aliphatic carbocycles. The molecule has 1 fully saturated rings. The van der Waals surface area contributed by atoms with Gasteiger partial charge in [-0.25, -0.2) is 0 Å². The SMILES string of the molecule is S=C(NCC1CC1)N/N=C/c1ccccc1Cl. The van der Waals surface area contributed by atoms with Crippen LogP contribution in [0.15, 0.2) is 29.4 Å². The molecule has 0 radical (unpaired) electrons. The summed E-state index contributed by atoms with van der Waals surface area (Å²) >= 11 is 11.1. The largest absolute Gasteiger partial charge is 0.361 e. The minimum absolute atomic E-state index is 0.556.